The lowest BCUT2D eigenvalue weighted by Crippen LogP contribution is -2.43. The van der Waals surface area contributed by atoms with Gasteiger partial charge in [-0.15, -0.1) is 0 Å². The maximum atomic E-state index is 2.52. The van der Waals surface area contributed by atoms with Crippen LogP contribution in [0.15, 0.2) is 198 Å². The number of para-hydroxylation sites is 2. The standard InChI is InChI=1S/C50H31NS/c1-2-16-32(17-3-1)49-36-21-6-4-18-33(36)34-20-14-26-41(48(34)49)50(39-24-9-8-23-38(39)49)37-22-7-5-19-35(37)47-40(50)25-15-29-44(47)51-42-27-10-12-30-45(42)52-46-31-13-11-28-43(46)51/h1-31H. The molecule has 3 aliphatic carbocycles. The monoisotopic (exact) mass is 677 g/mol. The normalized spacial score (nSPS) is 19.2. The Morgan fingerprint density at radius 3 is 1.54 bits per heavy atom. The molecule has 8 aromatic rings. The molecule has 0 N–H and O–H groups in total. The van der Waals surface area contributed by atoms with E-state index in [1.165, 1.54) is 93.6 Å². The Kier molecular flexibility index (Phi) is 5.64. The van der Waals surface area contributed by atoms with Gasteiger partial charge in [0.25, 0.3) is 0 Å². The molecular weight excluding hydrogens is 647 g/mol. The maximum Gasteiger partial charge on any atom is 0.0720 e. The summed E-state index contributed by atoms with van der Waals surface area (Å²) in [7, 11) is 0. The second-order valence-electron chi connectivity index (χ2n) is 14.3. The highest BCUT2D eigenvalue weighted by molar-refractivity contribution is 7.99. The predicted molar refractivity (Wildman–Crippen MR) is 213 cm³/mol. The van der Waals surface area contributed by atoms with Crippen LogP contribution in [-0.4, -0.2) is 0 Å². The molecule has 52 heavy (non-hydrogen) atoms. The quantitative estimate of drug-likeness (QED) is 0.179. The highest BCUT2D eigenvalue weighted by Crippen LogP contribution is 2.69. The van der Waals surface area contributed by atoms with Crippen LogP contribution >= 0.6 is 11.8 Å². The number of fused-ring (bicyclic) bond motifs is 14. The van der Waals surface area contributed by atoms with Crippen molar-refractivity contribution >= 4 is 28.8 Å². The first-order valence-electron chi connectivity index (χ1n) is 18.1. The van der Waals surface area contributed by atoms with Gasteiger partial charge >= 0.3 is 0 Å². The summed E-state index contributed by atoms with van der Waals surface area (Å²) in [6.45, 7) is 0. The second kappa shape index (κ2) is 10.3. The molecule has 1 spiro atoms. The molecule has 0 fully saturated rings. The van der Waals surface area contributed by atoms with E-state index >= 15 is 0 Å². The first kappa shape index (κ1) is 28.6. The molecule has 2 atom stereocenters. The Labute approximate surface area is 307 Å². The van der Waals surface area contributed by atoms with Crippen molar-refractivity contribution in [2.24, 2.45) is 0 Å². The van der Waals surface area contributed by atoms with Crippen molar-refractivity contribution in [1.29, 1.82) is 0 Å². The third-order valence-electron chi connectivity index (χ3n) is 12.1. The molecule has 1 aliphatic heterocycles. The Morgan fingerprint density at radius 2 is 0.808 bits per heavy atom. The summed E-state index contributed by atoms with van der Waals surface area (Å²) in [6, 6.07) is 70.9. The van der Waals surface area contributed by atoms with Crippen molar-refractivity contribution in [3.8, 4) is 22.3 Å². The molecule has 242 valence electrons. The third-order valence-corrected chi connectivity index (χ3v) is 13.3. The molecule has 0 aromatic heterocycles. The van der Waals surface area contributed by atoms with Crippen LogP contribution < -0.4 is 4.90 Å². The highest BCUT2D eigenvalue weighted by atomic mass is 32.2. The molecule has 8 aromatic carbocycles. The molecular formula is C50H31NS. The van der Waals surface area contributed by atoms with Gasteiger partial charge < -0.3 is 4.90 Å². The van der Waals surface area contributed by atoms with E-state index in [1.54, 1.807) is 0 Å². The van der Waals surface area contributed by atoms with E-state index in [0.717, 1.165) is 0 Å². The van der Waals surface area contributed by atoms with Gasteiger partial charge in [0, 0.05) is 15.4 Å². The van der Waals surface area contributed by atoms with Gasteiger partial charge in [-0.2, -0.15) is 0 Å². The first-order valence-corrected chi connectivity index (χ1v) is 18.9. The molecule has 2 unspecified atom stereocenters. The van der Waals surface area contributed by atoms with E-state index in [9.17, 15) is 0 Å². The second-order valence-corrected chi connectivity index (χ2v) is 15.4. The lowest BCUT2D eigenvalue weighted by Gasteiger charge is -2.48. The molecule has 0 saturated carbocycles. The Bertz CT molecular complexity index is 2750. The number of benzene rings is 8. The van der Waals surface area contributed by atoms with Crippen molar-refractivity contribution in [2.75, 3.05) is 4.90 Å². The van der Waals surface area contributed by atoms with E-state index in [4.69, 9.17) is 0 Å². The molecule has 0 radical (unpaired) electrons. The summed E-state index contributed by atoms with van der Waals surface area (Å²) in [5, 5.41) is 0. The van der Waals surface area contributed by atoms with Crippen LogP contribution in [0.5, 0.6) is 0 Å². The Hall–Kier alpha value is -6.09. The summed E-state index contributed by atoms with van der Waals surface area (Å²) >= 11 is 1.86. The molecule has 1 heterocycles. The fourth-order valence-corrected chi connectivity index (χ4v) is 11.5. The van der Waals surface area contributed by atoms with Crippen LogP contribution in [0, 0.1) is 0 Å². The third kappa shape index (κ3) is 3.28. The molecule has 1 nitrogen and oxygen atoms in total. The average molecular weight is 678 g/mol. The average Bonchev–Trinajstić information content (AvgIpc) is 3.69. The fraction of sp³-hybridized carbons (Fsp3) is 0.0400. The minimum Gasteiger partial charge on any atom is -0.308 e. The lowest BCUT2D eigenvalue weighted by atomic mass is 9.52. The van der Waals surface area contributed by atoms with Crippen molar-refractivity contribution < 1.29 is 0 Å². The zero-order chi connectivity index (χ0) is 34.0. The van der Waals surface area contributed by atoms with Crippen LogP contribution in [0.2, 0.25) is 0 Å². The van der Waals surface area contributed by atoms with Crippen molar-refractivity contribution in [3.63, 3.8) is 0 Å². The zero-order valence-electron chi connectivity index (χ0n) is 28.3. The van der Waals surface area contributed by atoms with E-state index in [0.29, 0.717) is 0 Å². The smallest absolute Gasteiger partial charge is 0.0720 e. The minimum absolute atomic E-state index is 0.442. The highest BCUT2D eigenvalue weighted by Gasteiger charge is 2.60. The topological polar surface area (TPSA) is 3.24 Å². The first-order chi connectivity index (χ1) is 25.8. The van der Waals surface area contributed by atoms with Crippen LogP contribution in [-0.2, 0) is 10.8 Å². The van der Waals surface area contributed by atoms with E-state index in [-0.39, 0.29) is 0 Å². The summed E-state index contributed by atoms with van der Waals surface area (Å²) in [5.74, 6) is 0. The van der Waals surface area contributed by atoms with Gasteiger partial charge in [0.15, 0.2) is 0 Å². The summed E-state index contributed by atoms with van der Waals surface area (Å²) in [6.07, 6.45) is 0. The number of anilines is 3. The lowest BCUT2D eigenvalue weighted by molar-refractivity contribution is 0.636. The van der Waals surface area contributed by atoms with Crippen molar-refractivity contribution in [2.45, 2.75) is 20.6 Å². The predicted octanol–water partition coefficient (Wildman–Crippen LogP) is 12.7. The van der Waals surface area contributed by atoms with Crippen LogP contribution in [0.1, 0.15) is 44.5 Å². The van der Waals surface area contributed by atoms with Crippen LogP contribution in [0.25, 0.3) is 22.3 Å². The van der Waals surface area contributed by atoms with E-state index in [1.807, 2.05) is 11.8 Å². The SMILES string of the molecule is c1ccc(C23c4ccccc4-c4cccc(c42)C2(c4ccccc4-c4c(N5c6ccccc6Sc6ccccc65)cccc42)c2ccccc23)cc1. The number of nitrogens with zero attached hydrogens (tertiary/aromatic N) is 1. The molecule has 0 bridgehead atoms. The minimum atomic E-state index is -0.520. The van der Waals surface area contributed by atoms with Gasteiger partial charge in [-0.3, -0.25) is 0 Å². The van der Waals surface area contributed by atoms with Gasteiger partial charge in [-0.1, -0.05) is 169 Å². The van der Waals surface area contributed by atoms with Crippen LogP contribution in [0.3, 0.4) is 0 Å². The maximum absolute atomic E-state index is 2.52. The zero-order valence-corrected chi connectivity index (χ0v) is 29.1. The summed E-state index contributed by atoms with van der Waals surface area (Å²) in [4.78, 5) is 5.06. The summed E-state index contributed by atoms with van der Waals surface area (Å²) in [5.41, 5.74) is 18.9. The largest absolute Gasteiger partial charge is 0.308 e. The molecule has 4 aliphatic rings. The number of rotatable bonds is 2. The van der Waals surface area contributed by atoms with Crippen LogP contribution in [0.4, 0.5) is 17.1 Å². The number of hydrogen-bond acceptors (Lipinski definition) is 2. The Morgan fingerprint density at radius 1 is 0.327 bits per heavy atom. The van der Waals surface area contributed by atoms with Gasteiger partial charge in [-0.25, -0.2) is 0 Å². The van der Waals surface area contributed by atoms with E-state index in [2.05, 4.69) is 193 Å². The number of hydrogen-bond donors (Lipinski definition) is 0. The van der Waals surface area contributed by atoms with E-state index < -0.39 is 10.8 Å². The van der Waals surface area contributed by atoms with Crippen molar-refractivity contribution in [3.05, 3.63) is 233 Å². The summed E-state index contributed by atoms with van der Waals surface area (Å²) < 4.78 is 0. The van der Waals surface area contributed by atoms with Gasteiger partial charge in [0.2, 0.25) is 0 Å². The molecule has 2 heteroatoms. The fourth-order valence-electron chi connectivity index (χ4n) is 10.4. The van der Waals surface area contributed by atoms with Gasteiger partial charge in [-0.05, 0) is 91.5 Å². The molecule has 12 rings (SSSR count). The molecule has 0 amide bonds. The molecule has 0 saturated heterocycles. The Balaban J connectivity index is 1.25. The van der Waals surface area contributed by atoms with Gasteiger partial charge in [0.1, 0.15) is 0 Å². The van der Waals surface area contributed by atoms with Gasteiger partial charge in [0.05, 0.1) is 27.9 Å². The van der Waals surface area contributed by atoms with Crippen molar-refractivity contribution in [1.82, 2.24) is 0 Å².